The summed E-state index contributed by atoms with van der Waals surface area (Å²) in [6, 6.07) is 1.64. The van der Waals surface area contributed by atoms with Crippen molar-refractivity contribution in [2.24, 2.45) is 5.92 Å². The maximum absolute atomic E-state index is 13.1. The fourth-order valence-corrected chi connectivity index (χ4v) is 3.30. The minimum atomic E-state index is -4.11. The molecule has 1 atom stereocenters. The largest absolute Gasteiger partial charge is 0.480 e. The van der Waals surface area contributed by atoms with E-state index in [-0.39, 0.29) is 15.8 Å². The molecule has 0 spiro atoms. The van der Waals surface area contributed by atoms with Gasteiger partial charge < -0.3 is 5.11 Å². The maximum Gasteiger partial charge on any atom is 0.322 e. The average molecular weight is 308 g/mol. The maximum atomic E-state index is 13.1. The molecule has 2 rings (SSSR count). The van der Waals surface area contributed by atoms with E-state index in [0.717, 1.165) is 18.2 Å². The number of nitrogens with one attached hydrogen (secondary N) is 1. The molecule has 8 heteroatoms. The quantitative estimate of drug-likeness (QED) is 0.866. The molecule has 2 N–H and O–H groups in total. The van der Waals surface area contributed by atoms with Gasteiger partial charge in [0.1, 0.15) is 11.9 Å². The van der Waals surface area contributed by atoms with E-state index in [2.05, 4.69) is 4.72 Å². The van der Waals surface area contributed by atoms with E-state index in [1.165, 1.54) is 0 Å². The first kappa shape index (κ1) is 14.2. The number of halogens is 2. The Morgan fingerprint density at radius 2 is 2.05 bits per heavy atom. The van der Waals surface area contributed by atoms with Gasteiger partial charge in [-0.3, -0.25) is 4.79 Å². The minimum Gasteiger partial charge on any atom is -0.480 e. The molecule has 0 saturated heterocycles. The Morgan fingerprint density at radius 3 is 2.53 bits per heavy atom. The van der Waals surface area contributed by atoms with Crippen LogP contribution in [-0.2, 0) is 14.8 Å². The Kier molecular flexibility index (Phi) is 3.80. The van der Waals surface area contributed by atoms with Gasteiger partial charge in [0, 0.05) is 5.02 Å². The predicted octanol–water partition coefficient (Wildman–Crippen LogP) is 1.62. The van der Waals surface area contributed by atoms with Crippen molar-refractivity contribution in [3.63, 3.8) is 0 Å². The van der Waals surface area contributed by atoms with Crippen LogP contribution in [0.15, 0.2) is 23.1 Å². The standard InChI is InChI=1S/C11H11ClFNO4S/c12-7-3-8(13)5-9(4-7)19(17,18)14-10(11(15)16)6-1-2-6/h3-6,10,14H,1-2H2,(H,15,16). The fraction of sp³-hybridized carbons (Fsp3) is 0.364. The molecule has 0 heterocycles. The van der Waals surface area contributed by atoms with Gasteiger partial charge in [-0.15, -0.1) is 0 Å². The summed E-state index contributed by atoms with van der Waals surface area (Å²) in [6.45, 7) is 0. The molecule has 5 nitrogen and oxygen atoms in total. The van der Waals surface area contributed by atoms with Crippen molar-refractivity contribution in [2.45, 2.75) is 23.8 Å². The molecule has 0 aromatic heterocycles. The predicted molar refractivity (Wildman–Crippen MR) is 65.9 cm³/mol. The summed E-state index contributed by atoms with van der Waals surface area (Å²) in [4.78, 5) is 10.6. The van der Waals surface area contributed by atoms with Crippen LogP contribution in [0, 0.1) is 11.7 Å². The molecule has 0 bridgehead atoms. The van der Waals surface area contributed by atoms with E-state index in [4.69, 9.17) is 16.7 Å². The molecule has 0 aliphatic heterocycles. The first-order valence-corrected chi connectivity index (χ1v) is 7.37. The van der Waals surface area contributed by atoms with E-state index in [9.17, 15) is 17.6 Å². The summed E-state index contributed by atoms with van der Waals surface area (Å²) >= 11 is 5.58. The van der Waals surface area contributed by atoms with Crippen molar-refractivity contribution in [1.29, 1.82) is 0 Å². The minimum absolute atomic E-state index is 0.0707. The number of aliphatic carboxylic acids is 1. The molecule has 1 aliphatic rings. The van der Waals surface area contributed by atoms with Crippen LogP contribution in [0.25, 0.3) is 0 Å². The number of carboxylic acid groups (broad SMARTS) is 1. The van der Waals surface area contributed by atoms with Crippen molar-refractivity contribution in [3.05, 3.63) is 29.0 Å². The Morgan fingerprint density at radius 1 is 1.42 bits per heavy atom. The van der Waals surface area contributed by atoms with Crippen molar-refractivity contribution < 1.29 is 22.7 Å². The molecule has 1 aliphatic carbocycles. The van der Waals surface area contributed by atoms with Crippen molar-refractivity contribution in [3.8, 4) is 0 Å². The highest BCUT2D eigenvalue weighted by Crippen LogP contribution is 2.33. The summed E-state index contributed by atoms with van der Waals surface area (Å²) in [5, 5.41) is 8.91. The molecule has 1 unspecified atom stereocenters. The number of rotatable bonds is 5. The normalized spacial score (nSPS) is 17.2. The summed E-state index contributed by atoms with van der Waals surface area (Å²) in [5.74, 6) is -2.25. The van der Waals surface area contributed by atoms with Crippen LogP contribution >= 0.6 is 11.6 Å². The second-order valence-electron chi connectivity index (χ2n) is 4.38. The van der Waals surface area contributed by atoms with Crippen LogP contribution in [0.4, 0.5) is 4.39 Å². The molecule has 1 fully saturated rings. The first-order valence-electron chi connectivity index (χ1n) is 5.51. The molecule has 1 saturated carbocycles. The van der Waals surface area contributed by atoms with Crippen LogP contribution in [0.2, 0.25) is 5.02 Å². The van der Waals surface area contributed by atoms with E-state index in [1.54, 1.807) is 0 Å². The van der Waals surface area contributed by atoms with Gasteiger partial charge in [0.2, 0.25) is 10.0 Å². The summed E-state index contributed by atoms with van der Waals surface area (Å²) in [5.41, 5.74) is 0. The number of carboxylic acids is 1. The van der Waals surface area contributed by atoms with Crippen molar-refractivity contribution in [1.82, 2.24) is 4.72 Å². The number of sulfonamides is 1. The molecule has 19 heavy (non-hydrogen) atoms. The zero-order valence-corrected chi connectivity index (χ0v) is 11.2. The molecule has 0 amide bonds. The number of benzene rings is 1. The molecule has 1 aromatic rings. The number of hydrogen-bond acceptors (Lipinski definition) is 3. The lowest BCUT2D eigenvalue weighted by Gasteiger charge is -2.14. The lowest BCUT2D eigenvalue weighted by atomic mass is 10.2. The molecule has 104 valence electrons. The second-order valence-corrected chi connectivity index (χ2v) is 6.53. The van der Waals surface area contributed by atoms with Crippen LogP contribution in [0.1, 0.15) is 12.8 Å². The van der Waals surface area contributed by atoms with Crippen LogP contribution < -0.4 is 4.72 Å². The molecule has 1 aromatic carbocycles. The molecular weight excluding hydrogens is 297 g/mol. The smallest absolute Gasteiger partial charge is 0.322 e. The first-order chi connectivity index (χ1) is 8.79. The topological polar surface area (TPSA) is 83.5 Å². The zero-order chi connectivity index (χ0) is 14.2. The van der Waals surface area contributed by atoms with Gasteiger partial charge in [-0.2, -0.15) is 4.72 Å². The number of carbonyl (C=O) groups is 1. The van der Waals surface area contributed by atoms with E-state index in [1.807, 2.05) is 0 Å². The van der Waals surface area contributed by atoms with Crippen LogP contribution in [-0.4, -0.2) is 25.5 Å². The second kappa shape index (κ2) is 5.07. The van der Waals surface area contributed by atoms with Crippen molar-refractivity contribution in [2.75, 3.05) is 0 Å². The van der Waals surface area contributed by atoms with E-state index in [0.29, 0.717) is 12.8 Å². The van der Waals surface area contributed by atoms with Gasteiger partial charge in [-0.25, -0.2) is 12.8 Å². The summed E-state index contributed by atoms with van der Waals surface area (Å²) in [6.07, 6.45) is 1.31. The lowest BCUT2D eigenvalue weighted by molar-refractivity contribution is -0.139. The van der Waals surface area contributed by atoms with Gasteiger partial charge in [-0.05, 0) is 37.0 Å². The highest BCUT2D eigenvalue weighted by molar-refractivity contribution is 7.89. The Balaban J connectivity index is 2.28. The van der Waals surface area contributed by atoms with Gasteiger partial charge in [0.15, 0.2) is 0 Å². The van der Waals surface area contributed by atoms with E-state index < -0.39 is 27.9 Å². The summed E-state index contributed by atoms with van der Waals surface area (Å²) < 4.78 is 39.2. The Hall–Kier alpha value is -1.18. The van der Waals surface area contributed by atoms with Gasteiger partial charge in [-0.1, -0.05) is 11.6 Å². The van der Waals surface area contributed by atoms with Gasteiger partial charge >= 0.3 is 5.97 Å². The Bertz CT molecular complexity index is 595. The van der Waals surface area contributed by atoms with Gasteiger partial charge in [0.25, 0.3) is 0 Å². The number of hydrogen-bond donors (Lipinski definition) is 2. The van der Waals surface area contributed by atoms with Crippen LogP contribution in [0.5, 0.6) is 0 Å². The zero-order valence-electron chi connectivity index (χ0n) is 9.64. The molecular formula is C11H11ClFNO4S. The lowest BCUT2D eigenvalue weighted by Crippen LogP contribution is -2.42. The third-order valence-electron chi connectivity index (χ3n) is 2.79. The highest BCUT2D eigenvalue weighted by Gasteiger charge is 2.39. The fourth-order valence-electron chi connectivity index (χ4n) is 1.70. The summed E-state index contributed by atoms with van der Waals surface area (Å²) in [7, 11) is -4.11. The highest BCUT2D eigenvalue weighted by atomic mass is 35.5. The third-order valence-corrected chi connectivity index (χ3v) is 4.43. The van der Waals surface area contributed by atoms with Crippen LogP contribution in [0.3, 0.4) is 0 Å². The van der Waals surface area contributed by atoms with Crippen molar-refractivity contribution >= 4 is 27.6 Å². The van der Waals surface area contributed by atoms with Gasteiger partial charge in [0.05, 0.1) is 4.90 Å². The monoisotopic (exact) mass is 307 g/mol. The SMILES string of the molecule is O=C(O)C(NS(=O)(=O)c1cc(F)cc(Cl)c1)C1CC1. The van der Waals surface area contributed by atoms with E-state index >= 15 is 0 Å². The Labute approximate surface area is 114 Å². The third kappa shape index (κ3) is 3.43. The average Bonchev–Trinajstić information content (AvgIpc) is 3.08. The molecule has 0 radical (unpaired) electrons.